The molecule has 0 aromatic rings. The maximum Gasteiger partial charge on any atom is 0.208 e. The quantitative estimate of drug-likeness (QED) is 0.525. The number of rotatable bonds is 2. The van der Waals surface area contributed by atoms with Crippen LogP contribution in [0.2, 0.25) is 6.32 Å². The highest BCUT2D eigenvalue weighted by atomic mass is 15.0. The van der Waals surface area contributed by atoms with Crippen LogP contribution in [0.15, 0.2) is 0 Å². The van der Waals surface area contributed by atoms with Gasteiger partial charge in [0.2, 0.25) is 7.41 Å². The summed E-state index contributed by atoms with van der Waals surface area (Å²) < 4.78 is 0. The number of hydrogen-bond acceptors (Lipinski definition) is 1. The van der Waals surface area contributed by atoms with Gasteiger partial charge in [-0.3, -0.25) is 0 Å². The molecule has 0 N–H and O–H groups in total. The first kappa shape index (κ1) is 8.12. The second-order valence-corrected chi connectivity index (χ2v) is 3.57. The van der Waals surface area contributed by atoms with Crippen molar-refractivity contribution in [3.63, 3.8) is 0 Å². The van der Waals surface area contributed by atoms with E-state index in [1.54, 1.807) is 0 Å². The van der Waals surface area contributed by atoms with Crippen molar-refractivity contribution in [2.45, 2.75) is 33.0 Å². The Labute approximate surface area is 65.1 Å². The van der Waals surface area contributed by atoms with Gasteiger partial charge >= 0.3 is 0 Å². The second-order valence-electron chi connectivity index (χ2n) is 3.57. The van der Waals surface area contributed by atoms with E-state index >= 15 is 0 Å². The van der Waals surface area contributed by atoms with Crippen molar-refractivity contribution >= 4 is 7.41 Å². The van der Waals surface area contributed by atoms with Crippen LogP contribution in [0.4, 0.5) is 0 Å². The maximum absolute atomic E-state index is 2.47. The zero-order chi connectivity index (χ0) is 7.40. The topological polar surface area (TPSA) is 3.24 Å². The summed E-state index contributed by atoms with van der Waals surface area (Å²) in [7, 11) is 2.36. The van der Waals surface area contributed by atoms with Crippen LogP contribution in [0.3, 0.4) is 0 Å². The molecule has 0 spiro atoms. The molecule has 1 aliphatic rings. The van der Waals surface area contributed by atoms with Gasteiger partial charge in [-0.05, 0) is 25.4 Å². The largest absolute Gasteiger partial charge is 0.346 e. The molecule has 1 rings (SSSR count). The molecular formula is C8H17BN. The Bertz CT molecular complexity index is 87.3. The summed E-state index contributed by atoms with van der Waals surface area (Å²) in [5, 5.41) is 0. The molecule has 1 radical (unpaired) electrons. The first-order chi connectivity index (χ1) is 4.79. The number of hydrogen-bond donors (Lipinski definition) is 0. The van der Waals surface area contributed by atoms with E-state index in [9.17, 15) is 0 Å². The average molecular weight is 138 g/mol. The van der Waals surface area contributed by atoms with Gasteiger partial charge in [0.05, 0.1) is 0 Å². The monoisotopic (exact) mass is 138 g/mol. The third-order valence-corrected chi connectivity index (χ3v) is 1.89. The molecule has 1 fully saturated rings. The van der Waals surface area contributed by atoms with Gasteiger partial charge < -0.3 is 4.81 Å². The van der Waals surface area contributed by atoms with Gasteiger partial charge in [-0.25, -0.2) is 0 Å². The van der Waals surface area contributed by atoms with Crippen molar-refractivity contribution < 1.29 is 0 Å². The van der Waals surface area contributed by atoms with Crippen molar-refractivity contribution in [1.82, 2.24) is 4.81 Å². The zero-order valence-corrected chi connectivity index (χ0v) is 7.14. The van der Waals surface area contributed by atoms with E-state index in [-0.39, 0.29) is 0 Å². The van der Waals surface area contributed by atoms with Gasteiger partial charge in [-0.1, -0.05) is 26.6 Å². The van der Waals surface area contributed by atoms with E-state index in [1.807, 2.05) is 0 Å². The summed E-state index contributed by atoms with van der Waals surface area (Å²) in [5.41, 5.74) is 0. The molecule has 0 aromatic carbocycles. The zero-order valence-electron chi connectivity index (χ0n) is 7.14. The van der Waals surface area contributed by atoms with Gasteiger partial charge in [-0.2, -0.15) is 0 Å². The van der Waals surface area contributed by atoms with Gasteiger partial charge in [-0.15, -0.1) is 0 Å². The highest BCUT2D eigenvalue weighted by Gasteiger charge is 2.11. The van der Waals surface area contributed by atoms with E-state index in [0.717, 1.165) is 5.92 Å². The average Bonchev–Trinajstić information content (AvgIpc) is 1.88. The Hall–Kier alpha value is 0.0249. The summed E-state index contributed by atoms with van der Waals surface area (Å²) in [4.78, 5) is 2.47. The van der Waals surface area contributed by atoms with Crippen molar-refractivity contribution in [3.8, 4) is 0 Å². The van der Waals surface area contributed by atoms with Crippen molar-refractivity contribution in [1.29, 1.82) is 0 Å². The van der Waals surface area contributed by atoms with Gasteiger partial charge in [0, 0.05) is 0 Å². The molecule has 2 heteroatoms. The van der Waals surface area contributed by atoms with Crippen molar-refractivity contribution in [2.75, 3.05) is 13.1 Å². The predicted octanol–water partition coefficient (Wildman–Crippen LogP) is 1.78. The summed E-state index contributed by atoms with van der Waals surface area (Å²) in [5.74, 6) is 0.814. The lowest BCUT2D eigenvalue weighted by molar-refractivity contribution is 0.361. The van der Waals surface area contributed by atoms with Crippen LogP contribution in [0.1, 0.15) is 26.7 Å². The molecule has 1 saturated heterocycles. The Kier molecular flexibility index (Phi) is 3.27. The Morgan fingerprint density at radius 1 is 1.40 bits per heavy atom. The van der Waals surface area contributed by atoms with E-state index in [4.69, 9.17) is 0 Å². The summed E-state index contributed by atoms with van der Waals surface area (Å²) in [6, 6.07) is 0. The van der Waals surface area contributed by atoms with E-state index in [1.165, 1.54) is 32.3 Å². The lowest BCUT2D eigenvalue weighted by Gasteiger charge is -2.27. The van der Waals surface area contributed by atoms with E-state index < -0.39 is 0 Å². The fourth-order valence-electron chi connectivity index (χ4n) is 1.46. The first-order valence-electron chi connectivity index (χ1n) is 4.36. The molecule has 0 saturated carbocycles. The molecule has 1 nitrogen and oxygen atoms in total. The molecule has 0 unspecified atom stereocenters. The Morgan fingerprint density at radius 2 is 2.20 bits per heavy atom. The van der Waals surface area contributed by atoms with Crippen LogP contribution < -0.4 is 0 Å². The molecule has 0 bridgehead atoms. The molecule has 0 atom stereocenters. The molecule has 0 amide bonds. The molecular weight excluding hydrogens is 121 g/mol. The van der Waals surface area contributed by atoms with Crippen molar-refractivity contribution in [3.05, 3.63) is 0 Å². The van der Waals surface area contributed by atoms with Crippen LogP contribution in [-0.2, 0) is 0 Å². The molecule has 1 aliphatic heterocycles. The van der Waals surface area contributed by atoms with Crippen LogP contribution in [0.25, 0.3) is 0 Å². The summed E-state index contributed by atoms with van der Waals surface area (Å²) >= 11 is 0. The molecule has 57 valence electrons. The van der Waals surface area contributed by atoms with Crippen LogP contribution in [-0.4, -0.2) is 25.3 Å². The summed E-state index contributed by atoms with van der Waals surface area (Å²) in [6.45, 7) is 7.10. The normalized spacial score (nSPS) is 21.1. The van der Waals surface area contributed by atoms with Gasteiger partial charge in [0.1, 0.15) is 0 Å². The van der Waals surface area contributed by atoms with Gasteiger partial charge in [0.15, 0.2) is 0 Å². The van der Waals surface area contributed by atoms with E-state index in [2.05, 4.69) is 26.1 Å². The van der Waals surface area contributed by atoms with Crippen LogP contribution in [0.5, 0.6) is 0 Å². The minimum atomic E-state index is 0.814. The second kappa shape index (κ2) is 4.02. The highest BCUT2D eigenvalue weighted by Crippen LogP contribution is 2.09. The SMILES string of the molecule is CC(C)CN1[B]CCCC1. The molecule has 1 heterocycles. The molecule has 10 heavy (non-hydrogen) atoms. The first-order valence-corrected chi connectivity index (χ1v) is 4.36. The molecule has 0 aliphatic carbocycles. The summed E-state index contributed by atoms with van der Waals surface area (Å²) in [6.07, 6.45) is 4.09. The maximum atomic E-state index is 2.47. The minimum absolute atomic E-state index is 0.814. The van der Waals surface area contributed by atoms with Crippen LogP contribution >= 0.6 is 0 Å². The highest BCUT2D eigenvalue weighted by molar-refractivity contribution is 6.32. The van der Waals surface area contributed by atoms with Gasteiger partial charge in [0.25, 0.3) is 0 Å². The van der Waals surface area contributed by atoms with Crippen LogP contribution in [0, 0.1) is 5.92 Å². The lowest BCUT2D eigenvalue weighted by Crippen LogP contribution is -2.35. The lowest BCUT2D eigenvalue weighted by atomic mass is 9.79. The predicted molar refractivity (Wildman–Crippen MR) is 46.2 cm³/mol. The standard InChI is InChI=1S/C8H17BN/c1-8(2)7-10-6-4-3-5-9-10/h8H,3-7H2,1-2H3. The fourth-order valence-corrected chi connectivity index (χ4v) is 1.46. The Morgan fingerprint density at radius 3 is 2.70 bits per heavy atom. The third-order valence-electron chi connectivity index (χ3n) is 1.89. The molecule has 0 aromatic heterocycles. The third kappa shape index (κ3) is 2.74. The smallest absolute Gasteiger partial charge is 0.208 e. The minimum Gasteiger partial charge on any atom is -0.346 e. The van der Waals surface area contributed by atoms with Crippen molar-refractivity contribution in [2.24, 2.45) is 5.92 Å². The van der Waals surface area contributed by atoms with E-state index in [0.29, 0.717) is 0 Å². The number of nitrogens with zero attached hydrogens (tertiary/aromatic N) is 1. The Balaban J connectivity index is 2.13. The fraction of sp³-hybridized carbons (Fsp3) is 1.00.